The lowest BCUT2D eigenvalue weighted by atomic mass is 9.88. The van der Waals surface area contributed by atoms with E-state index in [1.54, 1.807) is 18.2 Å². The maximum Gasteiger partial charge on any atom is 0.311 e. The first-order valence-corrected chi connectivity index (χ1v) is 5.42. The smallest absolute Gasteiger partial charge is 0.311 e. The first-order valence-electron chi connectivity index (χ1n) is 5.04. The number of aliphatic carboxylic acids is 1. The third-order valence-electron chi connectivity index (χ3n) is 2.47. The van der Waals surface area contributed by atoms with Crippen LogP contribution in [0.1, 0.15) is 25.3 Å². The van der Waals surface area contributed by atoms with E-state index in [-0.39, 0.29) is 5.92 Å². The first kappa shape index (κ1) is 12.8. The van der Waals surface area contributed by atoms with E-state index in [0.29, 0.717) is 16.3 Å². The third-order valence-corrected chi connectivity index (χ3v) is 2.77. The summed E-state index contributed by atoms with van der Waals surface area (Å²) in [5.41, 5.74) is 0.623. The molecule has 88 valence electrons. The molecule has 0 aliphatic carbocycles. The lowest BCUT2D eigenvalue weighted by Gasteiger charge is -2.19. The number of methoxy groups -OCH3 is 1. The van der Waals surface area contributed by atoms with Crippen molar-refractivity contribution >= 4 is 17.6 Å². The molecule has 0 amide bonds. The molecule has 4 heteroatoms. The molecule has 1 aromatic rings. The van der Waals surface area contributed by atoms with Crippen LogP contribution in [0.2, 0.25) is 5.02 Å². The van der Waals surface area contributed by atoms with E-state index in [1.807, 2.05) is 13.8 Å². The minimum Gasteiger partial charge on any atom is -0.495 e. The van der Waals surface area contributed by atoms with Crippen LogP contribution in [0.3, 0.4) is 0 Å². The largest absolute Gasteiger partial charge is 0.495 e. The van der Waals surface area contributed by atoms with Crippen molar-refractivity contribution in [1.82, 2.24) is 0 Å². The van der Waals surface area contributed by atoms with Crippen LogP contribution in [0.15, 0.2) is 18.2 Å². The van der Waals surface area contributed by atoms with Crippen molar-refractivity contribution in [2.75, 3.05) is 7.11 Å². The van der Waals surface area contributed by atoms with Gasteiger partial charge < -0.3 is 9.84 Å². The molecule has 0 spiro atoms. The van der Waals surface area contributed by atoms with Crippen molar-refractivity contribution in [2.45, 2.75) is 19.8 Å². The summed E-state index contributed by atoms with van der Waals surface area (Å²) in [5, 5.41) is 9.65. The molecule has 1 rings (SSSR count). The lowest BCUT2D eigenvalue weighted by molar-refractivity contribution is -0.139. The molecule has 1 unspecified atom stereocenters. The number of halogens is 1. The number of hydrogen-bond donors (Lipinski definition) is 1. The monoisotopic (exact) mass is 242 g/mol. The highest BCUT2D eigenvalue weighted by Crippen LogP contribution is 2.36. The second-order valence-electron chi connectivity index (χ2n) is 3.92. The Balaban J connectivity index is 3.29. The molecule has 1 atom stereocenters. The number of ether oxygens (including phenoxy) is 1. The summed E-state index contributed by atoms with van der Waals surface area (Å²) in [5.74, 6) is -1.04. The third kappa shape index (κ3) is 2.47. The highest BCUT2D eigenvalue weighted by molar-refractivity contribution is 6.32. The summed E-state index contributed by atoms with van der Waals surface area (Å²) >= 11 is 5.97. The second-order valence-corrected chi connectivity index (χ2v) is 4.33. The van der Waals surface area contributed by atoms with Gasteiger partial charge in [0.25, 0.3) is 0 Å². The topological polar surface area (TPSA) is 46.5 Å². The zero-order valence-corrected chi connectivity index (χ0v) is 10.3. The van der Waals surface area contributed by atoms with Gasteiger partial charge in [0.1, 0.15) is 5.75 Å². The minimum absolute atomic E-state index is 0.0233. The zero-order valence-electron chi connectivity index (χ0n) is 9.53. The molecular formula is C12H15ClO3. The number of para-hydroxylation sites is 1. The van der Waals surface area contributed by atoms with Crippen LogP contribution < -0.4 is 4.74 Å². The van der Waals surface area contributed by atoms with Crippen LogP contribution in [0.25, 0.3) is 0 Å². The van der Waals surface area contributed by atoms with Crippen molar-refractivity contribution in [2.24, 2.45) is 5.92 Å². The van der Waals surface area contributed by atoms with Crippen molar-refractivity contribution in [3.05, 3.63) is 28.8 Å². The quantitative estimate of drug-likeness (QED) is 0.882. The summed E-state index contributed by atoms with van der Waals surface area (Å²) in [6.45, 7) is 3.72. The molecule has 0 aromatic heterocycles. The van der Waals surface area contributed by atoms with Gasteiger partial charge in [-0.2, -0.15) is 0 Å². The fourth-order valence-electron chi connectivity index (χ4n) is 1.76. The van der Waals surface area contributed by atoms with Gasteiger partial charge in [-0.15, -0.1) is 0 Å². The van der Waals surface area contributed by atoms with Gasteiger partial charge in [-0.05, 0) is 12.0 Å². The molecule has 0 aliphatic heterocycles. The van der Waals surface area contributed by atoms with Gasteiger partial charge in [0.05, 0.1) is 18.1 Å². The highest BCUT2D eigenvalue weighted by atomic mass is 35.5. The summed E-state index contributed by atoms with van der Waals surface area (Å²) in [7, 11) is 1.49. The van der Waals surface area contributed by atoms with Gasteiger partial charge in [-0.3, -0.25) is 4.79 Å². The van der Waals surface area contributed by atoms with Gasteiger partial charge in [-0.25, -0.2) is 0 Å². The van der Waals surface area contributed by atoms with Crippen molar-refractivity contribution in [1.29, 1.82) is 0 Å². The molecule has 1 aromatic carbocycles. The minimum atomic E-state index is -0.865. The Morgan fingerprint density at radius 1 is 1.44 bits per heavy atom. The number of carboxylic acids is 1. The van der Waals surface area contributed by atoms with Gasteiger partial charge >= 0.3 is 5.97 Å². The fraction of sp³-hybridized carbons (Fsp3) is 0.417. The molecule has 1 N–H and O–H groups in total. The van der Waals surface area contributed by atoms with Crippen LogP contribution in [0.4, 0.5) is 0 Å². The number of rotatable bonds is 4. The fourth-order valence-corrected chi connectivity index (χ4v) is 2.02. The standard InChI is InChI=1S/C12H15ClO3/c1-7(2)10(12(14)15)8-5-4-6-9(13)11(8)16-3/h4-7,10H,1-3H3,(H,14,15). The molecule has 0 bridgehead atoms. The Bertz CT molecular complexity index is 388. The average molecular weight is 243 g/mol. The van der Waals surface area contributed by atoms with Crippen molar-refractivity contribution in [3.63, 3.8) is 0 Å². The van der Waals surface area contributed by atoms with Crippen LogP contribution >= 0.6 is 11.6 Å². The average Bonchev–Trinajstić information content (AvgIpc) is 2.16. The van der Waals surface area contributed by atoms with E-state index >= 15 is 0 Å². The normalized spacial score (nSPS) is 12.6. The van der Waals surface area contributed by atoms with Crippen LogP contribution in [0.5, 0.6) is 5.75 Å². The first-order chi connectivity index (χ1) is 7.49. The Hall–Kier alpha value is -1.22. The molecule has 0 heterocycles. The SMILES string of the molecule is COc1c(Cl)cccc1C(C(=O)O)C(C)C. The highest BCUT2D eigenvalue weighted by Gasteiger charge is 2.27. The molecular weight excluding hydrogens is 228 g/mol. The summed E-state index contributed by atoms with van der Waals surface area (Å²) < 4.78 is 5.16. The van der Waals surface area contributed by atoms with Gasteiger partial charge in [0, 0.05) is 5.56 Å². The molecule has 0 aliphatic rings. The van der Waals surface area contributed by atoms with E-state index in [9.17, 15) is 9.90 Å². The number of carbonyl (C=O) groups is 1. The van der Waals surface area contributed by atoms with Crippen molar-refractivity contribution in [3.8, 4) is 5.75 Å². The summed E-state index contributed by atoms with van der Waals surface area (Å²) in [6, 6.07) is 5.16. The number of hydrogen-bond acceptors (Lipinski definition) is 2. The molecule has 0 radical (unpaired) electrons. The van der Waals surface area contributed by atoms with Gasteiger partial charge in [0.2, 0.25) is 0 Å². The second kappa shape index (κ2) is 5.21. The molecule has 3 nitrogen and oxygen atoms in total. The van der Waals surface area contributed by atoms with Crippen LogP contribution in [0, 0.1) is 5.92 Å². The predicted molar refractivity (Wildman–Crippen MR) is 63.2 cm³/mol. The predicted octanol–water partition coefficient (Wildman–Crippen LogP) is 3.17. The van der Waals surface area contributed by atoms with E-state index in [0.717, 1.165) is 0 Å². The van der Waals surface area contributed by atoms with E-state index < -0.39 is 11.9 Å². The van der Waals surface area contributed by atoms with E-state index in [4.69, 9.17) is 16.3 Å². The zero-order chi connectivity index (χ0) is 12.3. The van der Waals surface area contributed by atoms with Crippen molar-refractivity contribution < 1.29 is 14.6 Å². The number of benzene rings is 1. The molecule has 0 saturated heterocycles. The van der Waals surface area contributed by atoms with Gasteiger partial charge in [0.15, 0.2) is 0 Å². The Morgan fingerprint density at radius 3 is 2.50 bits per heavy atom. The maximum atomic E-state index is 11.2. The van der Waals surface area contributed by atoms with Gasteiger partial charge in [-0.1, -0.05) is 37.6 Å². The van der Waals surface area contributed by atoms with Crippen LogP contribution in [-0.2, 0) is 4.79 Å². The Kier molecular flexibility index (Phi) is 4.19. The lowest BCUT2D eigenvalue weighted by Crippen LogP contribution is -2.18. The molecule has 0 fully saturated rings. The summed E-state index contributed by atoms with van der Waals surface area (Å²) in [6.07, 6.45) is 0. The molecule has 16 heavy (non-hydrogen) atoms. The van der Waals surface area contributed by atoms with E-state index in [1.165, 1.54) is 7.11 Å². The van der Waals surface area contributed by atoms with Crippen LogP contribution in [-0.4, -0.2) is 18.2 Å². The Morgan fingerprint density at radius 2 is 2.06 bits per heavy atom. The van der Waals surface area contributed by atoms with E-state index in [2.05, 4.69) is 0 Å². The molecule has 0 saturated carbocycles. The maximum absolute atomic E-state index is 11.2. The summed E-state index contributed by atoms with van der Waals surface area (Å²) in [4.78, 5) is 11.2. The Labute approximate surface area is 100.0 Å². The number of carboxylic acid groups (broad SMARTS) is 1.